The van der Waals surface area contributed by atoms with E-state index in [4.69, 9.17) is 26.2 Å². The summed E-state index contributed by atoms with van der Waals surface area (Å²) in [6, 6.07) is 16.8. The molecule has 0 aliphatic rings. The molecule has 162 valence electrons. The van der Waals surface area contributed by atoms with Crippen molar-refractivity contribution in [3.63, 3.8) is 0 Å². The first kappa shape index (κ1) is 23.2. The number of methoxy groups -OCH3 is 1. The molecule has 8 heteroatoms. The molecule has 6 nitrogen and oxygen atoms in total. The topological polar surface area (TPSA) is 85.2 Å². The van der Waals surface area contributed by atoms with Gasteiger partial charge in [-0.1, -0.05) is 39.7 Å². The van der Waals surface area contributed by atoms with Crippen LogP contribution in [0.5, 0.6) is 11.5 Å². The van der Waals surface area contributed by atoms with Gasteiger partial charge in [0.05, 0.1) is 23.4 Å². The number of carboxylic acids is 1. The molecular weight excluding hydrogens is 498 g/mol. The molecule has 0 radical (unpaired) electrons. The second-order valence-corrected chi connectivity index (χ2v) is 7.78. The van der Waals surface area contributed by atoms with Gasteiger partial charge in [0.15, 0.2) is 11.5 Å². The molecule has 0 heterocycles. The van der Waals surface area contributed by atoms with Crippen LogP contribution in [0.3, 0.4) is 0 Å². The smallest absolute Gasteiger partial charge is 0.336 e. The van der Waals surface area contributed by atoms with Crippen molar-refractivity contribution in [1.82, 2.24) is 0 Å². The van der Waals surface area contributed by atoms with E-state index in [1.807, 2.05) is 24.3 Å². The van der Waals surface area contributed by atoms with Crippen LogP contribution in [0.15, 0.2) is 76.2 Å². The highest BCUT2D eigenvalue weighted by Crippen LogP contribution is 2.36. The minimum Gasteiger partial charge on any atom is -0.493 e. The SMILES string of the molecule is COc1cc(C=Nc2ccc(C(=O)O)cc2)cc(Cl)c1OC(=O)/C=C/c1cccc(Br)c1. The van der Waals surface area contributed by atoms with Crippen LogP contribution < -0.4 is 9.47 Å². The lowest BCUT2D eigenvalue weighted by Gasteiger charge is -2.11. The molecule has 0 aliphatic heterocycles. The molecule has 0 aromatic heterocycles. The summed E-state index contributed by atoms with van der Waals surface area (Å²) < 4.78 is 11.6. The number of carbonyl (C=O) groups is 2. The highest BCUT2D eigenvalue weighted by Gasteiger charge is 2.14. The van der Waals surface area contributed by atoms with E-state index in [1.165, 1.54) is 25.3 Å². The number of benzene rings is 3. The van der Waals surface area contributed by atoms with Gasteiger partial charge < -0.3 is 14.6 Å². The Kier molecular flexibility index (Phi) is 7.81. The van der Waals surface area contributed by atoms with E-state index in [-0.39, 0.29) is 22.1 Å². The van der Waals surface area contributed by atoms with Gasteiger partial charge >= 0.3 is 11.9 Å². The second-order valence-electron chi connectivity index (χ2n) is 6.45. The molecule has 32 heavy (non-hydrogen) atoms. The fraction of sp³-hybridized carbons (Fsp3) is 0.0417. The van der Waals surface area contributed by atoms with Crippen molar-refractivity contribution < 1.29 is 24.2 Å². The summed E-state index contributed by atoms with van der Waals surface area (Å²) in [4.78, 5) is 27.5. The van der Waals surface area contributed by atoms with Crippen LogP contribution in [0, 0.1) is 0 Å². The summed E-state index contributed by atoms with van der Waals surface area (Å²) in [6.07, 6.45) is 4.47. The van der Waals surface area contributed by atoms with Gasteiger partial charge in [0.25, 0.3) is 0 Å². The number of hydrogen-bond donors (Lipinski definition) is 1. The number of rotatable bonds is 7. The van der Waals surface area contributed by atoms with Gasteiger partial charge in [-0.25, -0.2) is 9.59 Å². The zero-order valence-electron chi connectivity index (χ0n) is 16.8. The predicted octanol–water partition coefficient (Wildman–Crippen LogP) is 6.18. The molecule has 3 aromatic rings. The van der Waals surface area contributed by atoms with E-state index in [9.17, 15) is 9.59 Å². The van der Waals surface area contributed by atoms with Gasteiger partial charge in [-0.2, -0.15) is 0 Å². The Hall–Kier alpha value is -3.42. The lowest BCUT2D eigenvalue weighted by Crippen LogP contribution is -2.06. The number of carboxylic acid groups (broad SMARTS) is 1. The van der Waals surface area contributed by atoms with Crippen LogP contribution in [-0.4, -0.2) is 30.4 Å². The Morgan fingerprint density at radius 3 is 2.47 bits per heavy atom. The summed E-state index contributed by atoms with van der Waals surface area (Å²) in [5.74, 6) is -1.25. The summed E-state index contributed by atoms with van der Waals surface area (Å²) in [5.41, 5.74) is 2.18. The number of halogens is 2. The Morgan fingerprint density at radius 2 is 1.81 bits per heavy atom. The molecule has 3 rings (SSSR count). The van der Waals surface area contributed by atoms with Gasteiger partial charge in [-0.05, 0) is 65.7 Å². The number of carbonyl (C=O) groups excluding carboxylic acids is 1. The fourth-order valence-electron chi connectivity index (χ4n) is 2.66. The van der Waals surface area contributed by atoms with Crippen molar-refractivity contribution >= 4 is 57.4 Å². The van der Waals surface area contributed by atoms with Crippen molar-refractivity contribution in [3.8, 4) is 11.5 Å². The zero-order valence-corrected chi connectivity index (χ0v) is 19.1. The first-order chi connectivity index (χ1) is 15.4. The third-order valence-corrected chi connectivity index (χ3v) is 4.97. The van der Waals surface area contributed by atoms with Crippen LogP contribution in [0.25, 0.3) is 6.08 Å². The Balaban J connectivity index is 1.75. The van der Waals surface area contributed by atoms with Crippen LogP contribution in [0.2, 0.25) is 5.02 Å². The number of esters is 1. The third-order valence-electron chi connectivity index (χ3n) is 4.19. The lowest BCUT2D eigenvalue weighted by molar-refractivity contribution is -0.129. The van der Waals surface area contributed by atoms with E-state index in [2.05, 4.69) is 20.9 Å². The zero-order chi connectivity index (χ0) is 23.1. The van der Waals surface area contributed by atoms with E-state index < -0.39 is 11.9 Å². The maximum Gasteiger partial charge on any atom is 0.336 e. The first-order valence-corrected chi connectivity index (χ1v) is 10.4. The number of aromatic carboxylic acids is 1. The number of hydrogen-bond acceptors (Lipinski definition) is 5. The highest BCUT2D eigenvalue weighted by molar-refractivity contribution is 9.10. The van der Waals surface area contributed by atoms with Crippen LogP contribution in [0.4, 0.5) is 5.69 Å². The fourth-order valence-corrected chi connectivity index (χ4v) is 3.34. The van der Waals surface area contributed by atoms with E-state index in [1.54, 1.807) is 36.6 Å². The molecule has 3 aromatic carbocycles. The first-order valence-electron chi connectivity index (χ1n) is 9.26. The average molecular weight is 515 g/mol. The molecule has 0 saturated carbocycles. The molecule has 0 aliphatic carbocycles. The largest absolute Gasteiger partial charge is 0.493 e. The number of aliphatic imine (C=N–C) groups is 1. The van der Waals surface area contributed by atoms with Gasteiger partial charge in [0.1, 0.15) is 0 Å². The second kappa shape index (κ2) is 10.7. The normalized spacial score (nSPS) is 11.1. The lowest BCUT2D eigenvalue weighted by atomic mass is 10.2. The maximum absolute atomic E-state index is 12.3. The Labute approximate surface area is 197 Å². The standard InChI is InChI=1S/C24H17BrClNO5/c1-31-21-13-16(14-27-19-8-6-17(7-9-19)24(29)30)12-20(26)23(21)32-22(28)10-5-15-3-2-4-18(25)11-15/h2-14H,1H3,(H,29,30)/b10-5+,27-14?. The van der Waals surface area contributed by atoms with Crippen molar-refractivity contribution in [3.05, 3.63) is 92.9 Å². The van der Waals surface area contributed by atoms with Crippen LogP contribution >= 0.6 is 27.5 Å². The summed E-state index contributed by atoms with van der Waals surface area (Å²) in [5, 5.41) is 9.13. The van der Waals surface area contributed by atoms with Crippen molar-refractivity contribution in [2.24, 2.45) is 4.99 Å². The third kappa shape index (κ3) is 6.29. The minimum atomic E-state index is -1.01. The maximum atomic E-state index is 12.3. The molecule has 0 saturated heterocycles. The molecule has 0 fully saturated rings. The highest BCUT2D eigenvalue weighted by atomic mass is 79.9. The average Bonchev–Trinajstić information content (AvgIpc) is 2.78. The van der Waals surface area contributed by atoms with Crippen LogP contribution in [-0.2, 0) is 4.79 Å². The molecular formula is C24H17BrClNO5. The summed E-state index contributed by atoms with van der Waals surface area (Å²) >= 11 is 9.69. The predicted molar refractivity (Wildman–Crippen MR) is 127 cm³/mol. The van der Waals surface area contributed by atoms with Crippen LogP contribution in [0.1, 0.15) is 21.5 Å². The Morgan fingerprint density at radius 1 is 1.06 bits per heavy atom. The van der Waals surface area contributed by atoms with Crippen molar-refractivity contribution in [1.29, 1.82) is 0 Å². The van der Waals surface area contributed by atoms with E-state index in [0.29, 0.717) is 11.3 Å². The van der Waals surface area contributed by atoms with Gasteiger partial charge in [0, 0.05) is 16.8 Å². The number of ether oxygens (including phenoxy) is 2. The molecule has 1 N–H and O–H groups in total. The quantitative estimate of drug-likeness (QED) is 0.176. The van der Waals surface area contributed by atoms with Gasteiger partial charge in [-0.3, -0.25) is 4.99 Å². The summed E-state index contributed by atoms with van der Waals surface area (Å²) in [6.45, 7) is 0. The monoisotopic (exact) mass is 513 g/mol. The van der Waals surface area contributed by atoms with Crippen molar-refractivity contribution in [2.75, 3.05) is 7.11 Å². The summed E-state index contributed by atoms with van der Waals surface area (Å²) in [7, 11) is 1.44. The molecule has 0 bridgehead atoms. The van der Waals surface area contributed by atoms with Gasteiger partial charge in [-0.15, -0.1) is 0 Å². The molecule has 0 spiro atoms. The van der Waals surface area contributed by atoms with Crippen molar-refractivity contribution in [2.45, 2.75) is 0 Å². The van der Waals surface area contributed by atoms with Gasteiger partial charge in [0.2, 0.25) is 0 Å². The van der Waals surface area contributed by atoms with E-state index >= 15 is 0 Å². The van der Waals surface area contributed by atoms with E-state index in [0.717, 1.165) is 10.0 Å². The number of nitrogens with zero attached hydrogens (tertiary/aromatic N) is 1. The molecule has 0 amide bonds. The Bertz CT molecular complexity index is 1210. The minimum absolute atomic E-state index is 0.0982. The molecule has 0 atom stereocenters. The molecule has 0 unspecified atom stereocenters.